The van der Waals surface area contributed by atoms with Gasteiger partial charge < -0.3 is 9.32 Å². The number of fused-ring (bicyclic) bond motifs is 2. The maximum Gasteiger partial charge on any atom is 0.227 e. The third-order valence-electron chi connectivity index (χ3n) is 5.68. The Morgan fingerprint density at radius 3 is 2.77 bits per heavy atom. The lowest BCUT2D eigenvalue weighted by molar-refractivity contribution is -0.118. The number of aryl methyl sites for hydroxylation is 1. The molecular weight excluding hydrogens is 350 g/mol. The van der Waals surface area contributed by atoms with Crippen molar-refractivity contribution in [1.29, 1.82) is 0 Å². The number of carbonyl (C=O) groups excluding carboxylic acids is 1. The van der Waals surface area contributed by atoms with Gasteiger partial charge in [-0.2, -0.15) is 0 Å². The second-order valence-corrected chi connectivity index (χ2v) is 8.20. The van der Waals surface area contributed by atoms with Gasteiger partial charge in [0.1, 0.15) is 0 Å². The molecule has 138 valence electrons. The Morgan fingerprint density at radius 1 is 1.31 bits per heavy atom. The maximum atomic E-state index is 13.0. The van der Waals surface area contributed by atoms with E-state index in [1.165, 1.54) is 18.4 Å². The predicted molar refractivity (Wildman–Crippen MR) is 101 cm³/mol. The van der Waals surface area contributed by atoms with Crippen molar-refractivity contribution in [3.8, 4) is 0 Å². The van der Waals surface area contributed by atoms with Crippen LogP contribution in [-0.4, -0.2) is 22.6 Å². The first-order valence-corrected chi connectivity index (χ1v) is 9.80. The summed E-state index contributed by atoms with van der Waals surface area (Å²) >= 11 is 6.49. The van der Waals surface area contributed by atoms with E-state index in [4.69, 9.17) is 16.0 Å². The second-order valence-electron chi connectivity index (χ2n) is 7.79. The van der Waals surface area contributed by atoms with Crippen LogP contribution in [0.1, 0.15) is 69.2 Å². The molecule has 1 aliphatic heterocycles. The predicted octanol–water partition coefficient (Wildman–Crippen LogP) is 4.64. The van der Waals surface area contributed by atoms with Gasteiger partial charge in [-0.25, -0.2) is 0 Å². The lowest BCUT2D eigenvalue weighted by atomic mass is 9.81. The first kappa shape index (κ1) is 17.5. The molecule has 1 aliphatic carbocycles. The number of carbonyl (C=O) groups is 1. The van der Waals surface area contributed by atoms with Crippen LogP contribution in [0.15, 0.2) is 22.6 Å². The molecule has 1 saturated carbocycles. The summed E-state index contributed by atoms with van der Waals surface area (Å²) < 4.78 is 5.63. The van der Waals surface area contributed by atoms with Crippen molar-refractivity contribution < 1.29 is 9.21 Å². The number of benzene rings is 1. The van der Waals surface area contributed by atoms with Crippen molar-refractivity contribution in [3.63, 3.8) is 0 Å². The Hall–Kier alpha value is -1.88. The average molecular weight is 374 g/mol. The number of aromatic nitrogens is 2. The van der Waals surface area contributed by atoms with Crippen molar-refractivity contribution in [1.82, 2.24) is 10.2 Å². The van der Waals surface area contributed by atoms with Gasteiger partial charge in [-0.1, -0.05) is 50.4 Å². The van der Waals surface area contributed by atoms with E-state index < -0.39 is 0 Å². The van der Waals surface area contributed by atoms with Crippen LogP contribution < -0.4 is 4.90 Å². The van der Waals surface area contributed by atoms with Crippen molar-refractivity contribution in [2.24, 2.45) is 0 Å². The fraction of sp³-hybridized carbons (Fsp3) is 0.550. The van der Waals surface area contributed by atoms with Gasteiger partial charge in [0.2, 0.25) is 17.7 Å². The smallest absolute Gasteiger partial charge is 0.227 e. The molecule has 1 aromatic carbocycles. The van der Waals surface area contributed by atoms with E-state index in [0.717, 1.165) is 25.1 Å². The van der Waals surface area contributed by atoms with Gasteiger partial charge in [0, 0.05) is 30.7 Å². The van der Waals surface area contributed by atoms with Crippen LogP contribution in [0, 0.1) is 0 Å². The molecule has 4 rings (SSSR count). The minimum atomic E-state index is 0.0763. The summed E-state index contributed by atoms with van der Waals surface area (Å²) in [5.41, 5.74) is 2.25. The minimum Gasteiger partial charge on any atom is -0.425 e. The summed E-state index contributed by atoms with van der Waals surface area (Å²) in [6, 6.07) is 6.02. The van der Waals surface area contributed by atoms with E-state index in [9.17, 15) is 4.79 Å². The molecule has 0 bridgehead atoms. The summed E-state index contributed by atoms with van der Waals surface area (Å²) in [5, 5.41) is 8.76. The standard InChI is InChI=1S/C20H24ClN3O2/c1-13(2)19-23-22-16(26-19)8-9-17(25)24-12-20(10-3-4-11-20)14-6-5-7-15(21)18(14)24/h5-7,13H,3-4,8-12H2,1-2H3. The van der Waals surface area contributed by atoms with Crippen molar-refractivity contribution in [2.75, 3.05) is 11.4 Å². The van der Waals surface area contributed by atoms with Crippen LogP contribution in [0.25, 0.3) is 0 Å². The van der Waals surface area contributed by atoms with E-state index in [-0.39, 0.29) is 17.2 Å². The molecule has 1 fully saturated rings. The van der Waals surface area contributed by atoms with E-state index in [0.29, 0.717) is 29.6 Å². The molecule has 0 N–H and O–H groups in total. The Bertz CT molecular complexity index is 824. The zero-order chi connectivity index (χ0) is 18.3. The highest BCUT2D eigenvalue weighted by molar-refractivity contribution is 6.34. The highest BCUT2D eigenvalue weighted by Gasteiger charge is 2.46. The topological polar surface area (TPSA) is 59.2 Å². The van der Waals surface area contributed by atoms with E-state index in [1.54, 1.807) is 0 Å². The van der Waals surface area contributed by atoms with Crippen LogP contribution >= 0.6 is 11.6 Å². The van der Waals surface area contributed by atoms with E-state index in [1.807, 2.05) is 30.9 Å². The zero-order valence-corrected chi connectivity index (χ0v) is 16.1. The zero-order valence-electron chi connectivity index (χ0n) is 15.3. The van der Waals surface area contributed by atoms with Gasteiger partial charge in [-0.3, -0.25) is 4.79 Å². The fourth-order valence-corrected chi connectivity index (χ4v) is 4.60. The lowest BCUT2D eigenvalue weighted by Crippen LogP contribution is -2.35. The van der Waals surface area contributed by atoms with E-state index >= 15 is 0 Å². The molecule has 2 aliphatic rings. The number of amides is 1. The van der Waals surface area contributed by atoms with E-state index in [2.05, 4.69) is 16.3 Å². The van der Waals surface area contributed by atoms with Gasteiger partial charge in [0.25, 0.3) is 0 Å². The first-order valence-electron chi connectivity index (χ1n) is 9.42. The maximum absolute atomic E-state index is 13.0. The molecule has 0 saturated heterocycles. The van der Waals surface area contributed by atoms with Gasteiger partial charge in [0.05, 0.1) is 10.7 Å². The molecule has 1 aromatic heterocycles. The normalized spacial score (nSPS) is 18.1. The van der Waals surface area contributed by atoms with Gasteiger partial charge >= 0.3 is 0 Å². The number of hydrogen-bond acceptors (Lipinski definition) is 4. The number of halogens is 1. The lowest BCUT2D eigenvalue weighted by Gasteiger charge is -2.24. The molecule has 26 heavy (non-hydrogen) atoms. The van der Waals surface area contributed by atoms with Crippen LogP contribution in [-0.2, 0) is 16.6 Å². The average Bonchev–Trinajstić information content (AvgIpc) is 3.34. The highest BCUT2D eigenvalue weighted by atomic mass is 35.5. The molecule has 6 heteroatoms. The fourth-order valence-electron chi connectivity index (χ4n) is 4.33. The molecule has 0 atom stereocenters. The highest BCUT2D eigenvalue weighted by Crippen LogP contribution is 2.52. The minimum absolute atomic E-state index is 0.0763. The van der Waals surface area contributed by atoms with Crippen molar-refractivity contribution in [3.05, 3.63) is 40.6 Å². The van der Waals surface area contributed by atoms with Crippen LogP contribution in [0.3, 0.4) is 0 Å². The number of hydrogen-bond donors (Lipinski definition) is 0. The Kier molecular flexibility index (Phi) is 4.51. The van der Waals surface area contributed by atoms with Gasteiger partial charge in [-0.15, -0.1) is 10.2 Å². The third-order valence-corrected chi connectivity index (χ3v) is 5.98. The van der Waals surface area contributed by atoms with Crippen molar-refractivity contribution in [2.45, 2.75) is 63.7 Å². The molecular formula is C20H24ClN3O2. The monoisotopic (exact) mass is 373 g/mol. The number of nitrogens with zero attached hydrogens (tertiary/aromatic N) is 3. The largest absolute Gasteiger partial charge is 0.425 e. The molecule has 5 nitrogen and oxygen atoms in total. The SMILES string of the molecule is CC(C)c1nnc(CCC(=O)N2CC3(CCCC3)c3cccc(Cl)c32)o1. The van der Waals surface area contributed by atoms with Crippen molar-refractivity contribution >= 4 is 23.2 Å². The number of anilines is 1. The summed E-state index contributed by atoms with van der Waals surface area (Å²) in [4.78, 5) is 14.9. The molecule has 0 radical (unpaired) electrons. The number of rotatable bonds is 4. The Balaban J connectivity index is 1.53. The van der Waals surface area contributed by atoms with Crippen LogP contribution in [0.4, 0.5) is 5.69 Å². The van der Waals surface area contributed by atoms with Gasteiger partial charge in [0.15, 0.2) is 0 Å². The molecule has 1 amide bonds. The molecule has 2 aromatic rings. The molecule has 2 heterocycles. The van der Waals surface area contributed by atoms with Gasteiger partial charge in [-0.05, 0) is 24.5 Å². The first-order chi connectivity index (χ1) is 12.5. The quantitative estimate of drug-likeness (QED) is 0.783. The molecule has 1 spiro atoms. The summed E-state index contributed by atoms with van der Waals surface area (Å²) in [6.07, 6.45) is 5.50. The van der Waals surface area contributed by atoms with Crippen LogP contribution in [0.5, 0.6) is 0 Å². The van der Waals surface area contributed by atoms with Crippen LogP contribution in [0.2, 0.25) is 5.02 Å². The number of para-hydroxylation sites is 1. The summed E-state index contributed by atoms with van der Waals surface area (Å²) in [6.45, 7) is 4.76. The third kappa shape index (κ3) is 2.92. The molecule has 0 unspecified atom stereocenters. The summed E-state index contributed by atoms with van der Waals surface area (Å²) in [5.74, 6) is 1.41. The Morgan fingerprint density at radius 2 is 2.08 bits per heavy atom. The Labute approximate surface area is 158 Å². The summed E-state index contributed by atoms with van der Waals surface area (Å²) in [7, 11) is 0. The second kappa shape index (κ2) is 6.69.